The first kappa shape index (κ1) is 16.8. The van der Waals surface area contributed by atoms with Gasteiger partial charge in [-0.15, -0.1) is 0 Å². The van der Waals surface area contributed by atoms with E-state index in [1.807, 2.05) is 0 Å². The van der Waals surface area contributed by atoms with Gasteiger partial charge < -0.3 is 20.9 Å². The van der Waals surface area contributed by atoms with Gasteiger partial charge in [0, 0.05) is 38.3 Å². The lowest BCUT2D eigenvalue weighted by molar-refractivity contribution is -0.125. The summed E-state index contributed by atoms with van der Waals surface area (Å²) in [4.78, 5) is 36.3. The number of hydrogen-bond acceptors (Lipinski definition) is 3. The summed E-state index contributed by atoms with van der Waals surface area (Å²) in [6.45, 7) is 1.31. The van der Waals surface area contributed by atoms with E-state index < -0.39 is 12.5 Å². The van der Waals surface area contributed by atoms with E-state index in [1.54, 1.807) is 29.2 Å². The van der Waals surface area contributed by atoms with E-state index in [0.717, 1.165) is 0 Å². The molecule has 2 rings (SSSR count). The van der Waals surface area contributed by atoms with Gasteiger partial charge >= 0.3 is 6.03 Å². The summed E-state index contributed by atoms with van der Waals surface area (Å²) in [6.07, 6.45) is 0. The molecule has 1 aliphatic heterocycles. The van der Waals surface area contributed by atoms with Crippen LogP contribution in [0.15, 0.2) is 24.3 Å². The zero-order valence-electron chi connectivity index (χ0n) is 12.6. The Bertz CT molecular complexity index is 591. The van der Waals surface area contributed by atoms with Crippen molar-refractivity contribution in [2.45, 2.75) is 6.54 Å². The number of carbonyl (C=O) groups is 3. The molecule has 1 saturated heterocycles. The Kier molecular flexibility index (Phi) is 5.93. The Morgan fingerprint density at radius 1 is 1.22 bits per heavy atom. The fraction of sp³-hybridized carbons (Fsp3) is 0.400. The van der Waals surface area contributed by atoms with E-state index in [9.17, 15) is 19.5 Å². The maximum Gasteiger partial charge on any atom is 0.317 e. The van der Waals surface area contributed by atoms with Crippen LogP contribution in [-0.2, 0) is 16.4 Å². The Labute approximate surface area is 133 Å². The first-order valence-electron chi connectivity index (χ1n) is 7.35. The van der Waals surface area contributed by atoms with Gasteiger partial charge in [0.15, 0.2) is 6.61 Å². The monoisotopic (exact) mass is 319 g/mol. The van der Waals surface area contributed by atoms with Crippen molar-refractivity contribution in [2.75, 3.05) is 32.8 Å². The Morgan fingerprint density at radius 3 is 2.70 bits per heavy atom. The summed E-state index contributed by atoms with van der Waals surface area (Å²) < 4.78 is 0. The van der Waals surface area contributed by atoms with Crippen molar-refractivity contribution in [1.29, 1.82) is 0 Å². The second-order valence-corrected chi connectivity index (χ2v) is 5.05. The average Bonchev–Trinajstić information content (AvgIpc) is 2.98. The quantitative estimate of drug-likeness (QED) is 0.629. The van der Waals surface area contributed by atoms with Gasteiger partial charge in [-0.3, -0.25) is 9.59 Å². The molecule has 123 valence electrons. The van der Waals surface area contributed by atoms with Crippen LogP contribution in [-0.4, -0.2) is 55.5 Å². The van der Waals surface area contributed by atoms with Gasteiger partial charge in [0.05, 0.1) is 0 Å². The van der Waals surface area contributed by atoms with Crippen LogP contribution in [0.25, 0.3) is 0 Å². The molecule has 0 unspecified atom stereocenters. The largest absolute Gasteiger partial charge is 0.350 e. The molecule has 0 atom stereocenters. The summed E-state index contributed by atoms with van der Waals surface area (Å²) in [6, 6.07) is 6.72. The number of urea groups is 1. The summed E-state index contributed by atoms with van der Waals surface area (Å²) in [5.41, 5.74) is 1.07. The van der Waals surface area contributed by atoms with E-state index >= 15 is 0 Å². The number of nitrogens with one attached hydrogen (secondary N) is 3. The molecule has 8 nitrogen and oxygen atoms in total. The van der Waals surface area contributed by atoms with E-state index in [4.69, 9.17) is 0 Å². The van der Waals surface area contributed by atoms with Crippen molar-refractivity contribution < 1.29 is 19.5 Å². The van der Waals surface area contributed by atoms with Gasteiger partial charge in [-0.1, -0.05) is 18.2 Å². The van der Waals surface area contributed by atoms with E-state index in [-0.39, 0.29) is 18.5 Å². The number of nitrogens with zero attached hydrogens (tertiary/aromatic N) is 1. The van der Waals surface area contributed by atoms with Gasteiger partial charge in [0.2, 0.25) is 5.91 Å². The molecule has 1 fully saturated rings. The first-order chi connectivity index (χ1) is 11.1. The number of amides is 4. The van der Waals surface area contributed by atoms with Crippen LogP contribution in [0.3, 0.4) is 0 Å². The Balaban J connectivity index is 1.88. The fourth-order valence-corrected chi connectivity index (χ4v) is 2.26. The van der Waals surface area contributed by atoms with E-state index in [2.05, 4.69) is 16.0 Å². The molecule has 0 bridgehead atoms. The van der Waals surface area contributed by atoms with Gasteiger partial charge in [0.25, 0.3) is 5.91 Å². The Hall–Kier alpha value is -2.61. The lowest BCUT2D eigenvalue weighted by atomic mass is 10.1. The SMILES string of the molecule is [O]CC(=O)NCc1ccccc1C(=O)NCCN1CCNC1=O. The minimum atomic E-state index is -0.841. The van der Waals surface area contributed by atoms with Crippen molar-refractivity contribution in [3.8, 4) is 0 Å². The molecule has 4 amide bonds. The lowest BCUT2D eigenvalue weighted by Gasteiger charge is -2.15. The smallest absolute Gasteiger partial charge is 0.317 e. The van der Waals surface area contributed by atoms with Crippen LogP contribution in [0.5, 0.6) is 0 Å². The molecule has 3 N–H and O–H groups in total. The first-order valence-corrected chi connectivity index (χ1v) is 7.35. The maximum absolute atomic E-state index is 12.2. The standard InChI is InChI=1S/C15H19N4O4/c20-10-13(21)18-9-11-3-1-2-4-12(11)14(22)16-5-7-19-8-6-17-15(19)23/h1-4H,5-10H2,(H,16,22)(H,17,23)(H,18,21). The highest BCUT2D eigenvalue weighted by Crippen LogP contribution is 2.08. The highest BCUT2D eigenvalue weighted by Gasteiger charge is 2.19. The fourth-order valence-electron chi connectivity index (χ4n) is 2.26. The predicted molar refractivity (Wildman–Crippen MR) is 81.1 cm³/mol. The van der Waals surface area contributed by atoms with Gasteiger partial charge in [0.1, 0.15) is 0 Å². The minimum Gasteiger partial charge on any atom is -0.350 e. The molecular formula is C15H19N4O4. The molecule has 0 spiro atoms. The van der Waals surface area contributed by atoms with Crippen LogP contribution in [0, 0.1) is 0 Å². The molecule has 0 aromatic heterocycles. The number of benzene rings is 1. The zero-order chi connectivity index (χ0) is 16.7. The van der Waals surface area contributed by atoms with Gasteiger partial charge in [-0.2, -0.15) is 0 Å². The highest BCUT2D eigenvalue weighted by atomic mass is 16.3. The van der Waals surface area contributed by atoms with Crippen molar-refractivity contribution in [2.24, 2.45) is 0 Å². The summed E-state index contributed by atoms with van der Waals surface area (Å²) in [7, 11) is 0. The van der Waals surface area contributed by atoms with Crippen LogP contribution in [0.2, 0.25) is 0 Å². The van der Waals surface area contributed by atoms with Crippen molar-refractivity contribution in [1.82, 2.24) is 20.9 Å². The topological polar surface area (TPSA) is 110 Å². The molecular weight excluding hydrogens is 300 g/mol. The van der Waals surface area contributed by atoms with Gasteiger partial charge in [-0.25, -0.2) is 9.90 Å². The Morgan fingerprint density at radius 2 is 2.00 bits per heavy atom. The van der Waals surface area contributed by atoms with Gasteiger partial charge in [-0.05, 0) is 11.6 Å². The van der Waals surface area contributed by atoms with Crippen LogP contribution >= 0.6 is 0 Å². The van der Waals surface area contributed by atoms with Crippen molar-refractivity contribution >= 4 is 17.8 Å². The number of hydrogen-bond donors (Lipinski definition) is 3. The van der Waals surface area contributed by atoms with Crippen LogP contribution in [0.1, 0.15) is 15.9 Å². The molecule has 1 aromatic rings. The zero-order valence-corrected chi connectivity index (χ0v) is 12.6. The number of carbonyl (C=O) groups excluding carboxylic acids is 3. The normalized spacial score (nSPS) is 13.6. The summed E-state index contributed by atoms with van der Waals surface area (Å²) in [5, 5.41) is 18.3. The maximum atomic E-state index is 12.2. The second-order valence-electron chi connectivity index (χ2n) is 5.05. The third-order valence-electron chi connectivity index (χ3n) is 3.48. The average molecular weight is 319 g/mol. The molecule has 0 saturated carbocycles. The molecule has 8 heteroatoms. The third-order valence-corrected chi connectivity index (χ3v) is 3.48. The van der Waals surface area contributed by atoms with Crippen molar-refractivity contribution in [3.05, 3.63) is 35.4 Å². The summed E-state index contributed by atoms with van der Waals surface area (Å²) >= 11 is 0. The molecule has 1 heterocycles. The summed E-state index contributed by atoms with van der Waals surface area (Å²) in [5.74, 6) is -0.892. The number of rotatable bonds is 7. The lowest BCUT2D eigenvalue weighted by Crippen LogP contribution is -2.37. The molecule has 1 radical (unpaired) electrons. The highest BCUT2D eigenvalue weighted by molar-refractivity contribution is 5.95. The van der Waals surface area contributed by atoms with Crippen molar-refractivity contribution in [3.63, 3.8) is 0 Å². The minimum absolute atomic E-state index is 0.124. The molecule has 23 heavy (non-hydrogen) atoms. The second kappa shape index (κ2) is 8.14. The molecule has 0 aliphatic carbocycles. The van der Waals surface area contributed by atoms with E-state index in [1.165, 1.54) is 0 Å². The predicted octanol–water partition coefficient (Wildman–Crippen LogP) is -0.512. The van der Waals surface area contributed by atoms with Crippen LogP contribution in [0.4, 0.5) is 4.79 Å². The molecule has 1 aliphatic rings. The van der Waals surface area contributed by atoms with E-state index in [0.29, 0.717) is 37.3 Å². The molecule has 1 aromatic carbocycles. The third kappa shape index (κ3) is 4.68. The van der Waals surface area contributed by atoms with Crippen LogP contribution < -0.4 is 16.0 Å².